The maximum atomic E-state index is 12.2. The van der Waals surface area contributed by atoms with Crippen LogP contribution >= 0.6 is 0 Å². The van der Waals surface area contributed by atoms with Crippen molar-refractivity contribution in [2.75, 3.05) is 7.05 Å². The Morgan fingerprint density at radius 1 is 1.33 bits per heavy atom. The SMILES string of the molecule is CCCC1=NN(C)C(=O)C1/N=N/c1cc(C(C)(C)CC)ccc1O. The largest absolute Gasteiger partial charge is 0.506 e. The molecule has 1 aromatic carbocycles. The van der Waals surface area contributed by atoms with Crippen molar-refractivity contribution < 1.29 is 9.90 Å². The van der Waals surface area contributed by atoms with Gasteiger partial charge < -0.3 is 5.11 Å². The fourth-order valence-electron chi connectivity index (χ4n) is 2.52. The predicted molar refractivity (Wildman–Crippen MR) is 94.8 cm³/mol. The van der Waals surface area contributed by atoms with Crippen molar-refractivity contribution in [3.05, 3.63) is 23.8 Å². The van der Waals surface area contributed by atoms with Gasteiger partial charge in [-0.3, -0.25) is 4.79 Å². The molecule has 2 rings (SSSR count). The summed E-state index contributed by atoms with van der Waals surface area (Å²) >= 11 is 0. The molecule has 1 N–H and O–H groups in total. The normalized spacial score (nSPS) is 18.5. The van der Waals surface area contributed by atoms with Gasteiger partial charge in [0.15, 0.2) is 6.04 Å². The molecule has 1 heterocycles. The first-order valence-electron chi connectivity index (χ1n) is 8.39. The number of carbonyl (C=O) groups is 1. The third-order valence-corrected chi connectivity index (χ3v) is 4.57. The molecule has 6 heteroatoms. The summed E-state index contributed by atoms with van der Waals surface area (Å²) in [4.78, 5) is 12.2. The van der Waals surface area contributed by atoms with Crippen molar-refractivity contribution >= 4 is 17.3 Å². The minimum absolute atomic E-state index is 0.0177. The number of likely N-dealkylation sites (N-methyl/N-ethyl adjacent to an activating group) is 1. The van der Waals surface area contributed by atoms with Crippen LogP contribution in [0.1, 0.15) is 52.5 Å². The zero-order valence-electron chi connectivity index (χ0n) is 15.1. The smallest absolute Gasteiger partial charge is 0.275 e. The first kappa shape index (κ1) is 18.1. The molecular formula is C18H26N4O2. The Labute approximate surface area is 143 Å². The molecule has 0 bridgehead atoms. The average molecular weight is 330 g/mol. The van der Waals surface area contributed by atoms with Gasteiger partial charge in [0.25, 0.3) is 5.91 Å². The lowest BCUT2D eigenvalue weighted by atomic mass is 9.82. The Hall–Kier alpha value is -2.24. The van der Waals surface area contributed by atoms with Crippen LogP contribution in [-0.4, -0.2) is 34.8 Å². The van der Waals surface area contributed by atoms with Crippen LogP contribution in [0.2, 0.25) is 0 Å². The maximum Gasteiger partial charge on any atom is 0.275 e. The Morgan fingerprint density at radius 2 is 2.04 bits per heavy atom. The third kappa shape index (κ3) is 3.63. The first-order valence-corrected chi connectivity index (χ1v) is 8.39. The molecule has 0 aromatic heterocycles. The molecule has 0 saturated heterocycles. The minimum Gasteiger partial charge on any atom is -0.506 e. The van der Waals surface area contributed by atoms with Crippen LogP contribution in [0.25, 0.3) is 0 Å². The molecule has 1 atom stereocenters. The molecule has 0 aliphatic carbocycles. The predicted octanol–water partition coefficient (Wildman–Crippen LogP) is 4.16. The summed E-state index contributed by atoms with van der Waals surface area (Å²) in [5.74, 6) is -0.131. The van der Waals surface area contributed by atoms with Gasteiger partial charge in [-0.05, 0) is 36.0 Å². The second kappa shape index (κ2) is 7.11. The Morgan fingerprint density at radius 3 is 2.67 bits per heavy atom. The summed E-state index contributed by atoms with van der Waals surface area (Å²) in [6.07, 6.45) is 2.56. The number of nitrogens with zero attached hydrogens (tertiary/aromatic N) is 4. The van der Waals surface area contributed by atoms with E-state index in [0.717, 1.165) is 24.1 Å². The van der Waals surface area contributed by atoms with Crippen molar-refractivity contribution in [2.45, 2.75) is 58.4 Å². The lowest BCUT2D eigenvalue weighted by Crippen LogP contribution is -2.28. The van der Waals surface area contributed by atoms with E-state index in [1.165, 1.54) is 5.01 Å². The number of benzene rings is 1. The monoisotopic (exact) mass is 330 g/mol. The lowest BCUT2D eigenvalue weighted by molar-refractivity contribution is -0.128. The fraction of sp³-hybridized carbons (Fsp3) is 0.556. The molecule has 24 heavy (non-hydrogen) atoms. The molecule has 0 saturated carbocycles. The van der Waals surface area contributed by atoms with Gasteiger partial charge in [-0.25, -0.2) is 5.01 Å². The van der Waals surface area contributed by atoms with Crippen LogP contribution in [0.5, 0.6) is 5.75 Å². The number of phenolic OH excluding ortho intramolecular Hbond substituents is 1. The molecular weight excluding hydrogens is 304 g/mol. The van der Waals surface area contributed by atoms with E-state index in [1.807, 2.05) is 19.1 Å². The molecule has 1 aromatic rings. The van der Waals surface area contributed by atoms with Gasteiger partial charge in [0.2, 0.25) is 0 Å². The van der Waals surface area contributed by atoms with E-state index in [-0.39, 0.29) is 17.1 Å². The Balaban J connectivity index is 2.30. The minimum atomic E-state index is -0.683. The first-order chi connectivity index (χ1) is 11.3. The topological polar surface area (TPSA) is 77.6 Å². The molecule has 1 aliphatic heterocycles. The van der Waals surface area contributed by atoms with E-state index >= 15 is 0 Å². The van der Waals surface area contributed by atoms with Crippen molar-refractivity contribution in [1.29, 1.82) is 0 Å². The highest BCUT2D eigenvalue weighted by atomic mass is 16.3. The standard InChI is InChI=1S/C18H26N4O2/c1-6-8-13-16(17(24)22(5)21-13)20-19-14-11-12(9-10-15(14)23)18(3,4)7-2/h9-11,16,23H,6-8H2,1-5H3/b20-19+. The summed E-state index contributed by atoms with van der Waals surface area (Å²) in [6.45, 7) is 8.43. The number of azo groups is 1. The number of aromatic hydroxyl groups is 1. The van der Waals surface area contributed by atoms with Gasteiger partial charge in [-0.15, -0.1) is 0 Å². The highest BCUT2D eigenvalue weighted by molar-refractivity contribution is 6.11. The number of rotatable bonds is 6. The molecule has 0 radical (unpaired) electrons. The lowest BCUT2D eigenvalue weighted by Gasteiger charge is -2.23. The van der Waals surface area contributed by atoms with E-state index in [2.05, 4.69) is 36.1 Å². The molecule has 1 unspecified atom stereocenters. The summed E-state index contributed by atoms with van der Waals surface area (Å²) < 4.78 is 0. The van der Waals surface area contributed by atoms with Crippen LogP contribution in [0.15, 0.2) is 33.5 Å². The molecule has 0 fully saturated rings. The number of hydrazone groups is 1. The van der Waals surface area contributed by atoms with Crippen LogP contribution in [0, 0.1) is 0 Å². The second-order valence-corrected chi connectivity index (χ2v) is 6.76. The van der Waals surface area contributed by atoms with Crippen molar-refractivity contribution in [3.8, 4) is 5.75 Å². The summed E-state index contributed by atoms with van der Waals surface area (Å²) in [6, 6.07) is 4.68. The number of hydrogen-bond acceptors (Lipinski definition) is 5. The zero-order valence-corrected chi connectivity index (χ0v) is 15.1. The molecule has 0 spiro atoms. The summed E-state index contributed by atoms with van der Waals surface area (Å²) in [5.41, 5.74) is 2.16. The van der Waals surface area contributed by atoms with E-state index in [4.69, 9.17) is 0 Å². The van der Waals surface area contributed by atoms with E-state index in [1.54, 1.807) is 13.1 Å². The van der Waals surface area contributed by atoms with Gasteiger partial charge in [0.1, 0.15) is 11.4 Å². The van der Waals surface area contributed by atoms with Crippen molar-refractivity contribution in [2.24, 2.45) is 15.3 Å². The van der Waals surface area contributed by atoms with Gasteiger partial charge in [-0.2, -0.15) is 15.3 Å². The zero-order chi connectivity index (χ0) is 17.9. The van der Waals surface area contributed by atoms with Crippen LogP contribution in [0.3, 0.4) is 0 Å². The van der Waals surface area contributed by atoms with Crippen LogP contribution in [-0.2, 0) is 10.2 Å². The van der Waals surface area contributed by atoms with Crippen molar-refractivity contribution in [1.82, 2.24) is 5.01 Å². The second-order valence-electron chi connectivity index (χ2n) is 6.76. The Bertz CT molecular complexity index is 680. The van der Waals surface area contributed by atoms with Gasteiger partial charge >= 0.3 is 0 Å². The van der Waals surface area contributed by atoms with Crippen molar-refractivity contribution in [3.63, 3.8) is 0 Å². The fourth-order valence-corrected chi connectivity index (χ4v) is 2.52. The molecule has 1 amide bonds. The summed E-state index contributed by atoms with van der Waals surface area (Å²) in [7, 11) is 1.62. The average Bonchev–Trinajstić information content (AvgIpc) is 2.81. The highest BCUT2D eigenvalue weighted by Crippen LogP contribution is 2.35. The van der Waals surface area contributed by atoms with Crippen LogP contribution < -0.4 is 0 Å². The van der Waals surface area contributed by atoms with Gasteiger partial charge in [0.05, 0.1) is 5.71 Å². The van der Waals surface area contributed by atoms with Gasteiger partial charge in [0, 0.05) is 7.05 Å². The third-order valence-electron chi connectivity index (χ3n) is 4.57. The molecule has 6 nitrogen and oxygen atoms in total. The number of hydrogen-bond donors (Lipinski definition) is 1. The number of phenols is 1. The quantitative estimate of drug-likeness (QED) is 0.795. The van der Waals surface area contributed by atoms with Crippen LogP contribution in [0.4, 0.5) is 5.69 Å². The van der Waals surface area contributed by atoms with E-state index in [0.29, 0.717) is 12.1 Å². The van der Waals surface area contributed by atoms with E-state index < -0.39 is 6.04 Å². The Kier molecular flexibility index (Phi) is 5.36. The molecule has 130 valence electrons. The molecule has 1 aliphatic rings. The number of carbonyl (C=O) groups excluding carboxylic acids is 1. The summed E-state index contributed by atoms with van der Waals surface area (Å²) in [5, 5.41) is 23.9. The van der Waals surface area contributed by atoms with E-state index in [9.17, 15) is 9.90 Å². The highest BCUT2D eigenvalue weighted by Gasteiger charge is 2.33. The maximum absolute atomic E-state index is 12.2. The number of amides is 1. The van der Waals surface area contributed by atoms with Gasteiger partial charge in [-0.1, -0.05) is 40.2 Å².